The Morgan fingerprint density at radius 1 is 1.45 bits per heavy atom. The van der Waals surface area contributed by atoms with E-state index in [-0.39, 0.29) is 5.82 Å². The molecule has 1 aromatic rings. The third-order valence-corrected chi connectivity index (χ3v) is 4.33. The molecule has 1 aliphatic heterocycles. The van der Waals surface area contributed by atoms with Crippen molar-refractivity contribution in [1.82, 2.24) is 10.2 Å². The van der Waals surface area contributed by atoms with Crippen LogP contribution in [0.15, 0.2) is 18.2 Å². The monoisotopic (exact) mass is 298 g/mol. The summed E-state index contributed by atoms with van der Waals surface area (Å²) < 4.78 is 13.9. The first kappa shape index (κ1) is 15.7. The van der Waals surface area contributed by atoms with Crippen LogP contribution >= 0.6 is 11.6 Å². The van der Waals surface area contributed by atoms with Gasteiger partial charge in [-0.2, -0.15) is 0 Å². The second-order valence-corrected chi connectivity index (χ2v) is 6.18. The van der Waals surface area contributed by atoms with Gasteiger partial charge in [-0.05, 0) is 44.5 Å². The highest BCUT2D eigenvalue weighted by atomic mass is 35.5. The molecule has 112 valence electrons. The van der Waals surface area contributed by atoms with Crippen LogP contribution in [0.3, 0.4) is 0 Å². The molecule has 20 heavy (non-hydrogen) atoms. The van der Waals surface area contributed by atoms with Gasteiger partial charge in [-0.25, -0.2) is 4.39 Å². The number of nitrogens with zero attached hydrogens (tertiary/aromatic N) is 1. The third kappa shape index (κ3) is 4.18. The van der Waals surface area contributed by atoms with Crippen molar-refractivity contribution in [3.8, 4) is 0 Å². The molecule has 2 unspecified atom stereocenters. The number of halogens is 2. The maximum absolute atomic E-state index is 13.9. The summed E-state index contributed by atoms with van der Waals surface area (Å²) in [4.78, 5) is 2.37. The topological polar surface area (TPSA) is 15.3 Å². The van der Waals surface area contributed by atoms with E-state index >= 15 is 0 Å². The standard InChI is InChI=1S/C16H24ClFN2/c1-3-4-15-11-20(12(2)7-8-19-15)10-13-9-14(17)5-6-16(13)18/h5-6,9,12,15,19H,3-4,7-8,10-11H2,1-2H3. The highest BCUT2D eigenvalue weighted by Gasteiger charge is 2.23. The van der Waals surface area contributed by atoms with Crippen LogP contribution in [0, 0.1) is 5.82 Å². The average Bonchev–Trinajstić information content (AvgIpc) is 2.57. The molecule has 0 aromatic heterocycles. The zero-order valence-corrected chi connectivity index (χ0v) is 13.1. The third-order valence-electron chi connectivity index (χ3n) is 4.09. The van der Waals surface area contributed by atoms with Crippen molar-refractivity contribution < 1.29 is 4.39 Å². The first-order valence-electron chi connectivity index (χ1n) is 7.51. The van der Waals surface area contributed by atoms with Crippen LogP contribution in [0.5, 0.6) is 0 Å². The molecule has 1 aliphatic rings. The summed E-state index contributed by atoms with van der Waals surface area (Å²) in [5, 5.41) is 4.20. The van der Waals surface area contributed by atoms with Gasteiger partial charge in [-0.15, -0.1) is 0 Å². The Morgan fingerprint density at radius 3 is 3.00 bits per heavy atom. The SMILES string of the molecule is CCCC1CN(Cc2cc(Cl)ccc2F)C(C)CCN1. The normalized spacial score (nSPS) is 24.6. The van der Waals surface area contributed by atoms with Crippen LogP contribution in [-0.2, 0) is 6.54 Å². The summed E-state index contributed by atoms with van der Waals surface area (Å²) in [6.45, 7) is 7.08. The van der Waals surface area contributed by atoms with E-state index in [1.807, 2.05) is 0 Å². The largest absolute Gasteiger partial charge is 0.313 e. The van der Waals surface area contributed by atoms with Gasteiger partial charge in [0.15, 0.2) is 0 Å². The lowest BCUT2D eigenvalue weighted by Crippen LogP contribution is -2.39. The minimum atomic E-state index is -0.161. The van der Waals surface area contributed by atoms with Crippen LogP contribution in [0.4, 0.5) is 4.39 Å². The van der Waals surface area contributed by atoms with Crippen LogP contribution in [0.1, 0.15) is 38.7 Å². The van der Waals surface area contributed by atoms with Gasteiger partial charge in [-0.3, -0.25) is 4.90 Å². The fourth-order valence-electron chi connectivity index (χ4n) is 2.85. The fraction of sp³-hybridized carbons (Fsp3) is 0.625. The second-order valence-electron chi connectivity index (χ2n) is 5.74. The highest BCUT2D eigenvalue weighted by Crippen LogP contribution is 2.20. The Morgan fingerprint density at radius 2 is 2.25 bits per heavy atom. The zero-order valence-electron chi connectivity index (χ0n) is 12.3. The Balaban J connectivity index is 2.09. The number of nitrogens with one attached hydrogen (secondary N) is 1. The summed E-state index contributed by atoms with van der Waals surface area (Å²) in [5.41, 5.74) is 0.696. The van der Waals surface area contributed by atoms with E-state index in [1.54, 1.807) is 12.1 Å². The Kier molecular flexibility index (Phi) is 5.82. The predicted octanol–water partition coefficient (Wildman–Crippen LogP) is 3.83. The van der Waals surface area contributed by atoms with E-state index in [4.69, 9.17) is 11.6 Å². The van der Waals surface area contributed by atoms with Crippen LogP contribution in [0.2, 0.25) is 5.02 Å². The number of hydrogen-bond acceptors (Lipinski definition) is 2. The number of benzene rings is 1. The van der Waals surface area contributed by atoms with Gasteiger partial charge in [0.25, 0.3) is 0 Å². The molecule has 2 rings (SSSR count). The van der Waals surface area contributed by atoms with Gasteiger partial charge in [0.2, 0.25) is 0 Å². The first-order valence-corrected chi connectivity index (χ1v) is 7.89. The molecule has 4 heteroatoms. The molecule has 1 N–H and O–H groups in total. The number of rotatable bonds is 4. The lowest BCUT2D eigenvalue weighted by Gasteiger charge is -2.29. The van der Waals surface area contributed by atoms with Gasteiger partial charge in [0.05, 0.1) is 0 Å². The molecular weight excluding hydrogens is 275 g/mol. The molecule has 0 bridgehead atoms. The lowest BCUT2D eigenvalue weighted by atomic mass is 10.1. The van der Waals surface area contributed by atoms with E-state index in [2.05, 4.69) is 24.1 Å². The van der Waals surface area contributed by atoms with Crippen molar-refractivity contribution in [3.05, 3.63) is 34.6 Å². The molecule has 0 saturated carbocycles. The quantitative estimate of drug-likeness (QED) is 0.909. The molecule has 0 radical (unpaired) electrons. The molecule has 1 aromatic carbocycles. The van der Waals surface area contributed by atoms with Crippen LogP contribution in [-0.4, -0.2) is 30.1 Å². The van der Waals surface area contributed by atoms with Crippen LogP contribution < -0.4 is 5.32 Å². The molecule has 2 atom stereocenters. The molecule has 2 nitrogen and oxygen atoms in total. The van der Waals surface area contributed by atoms with E-state index in [0.29, 0.717) is 29.2 Å². The van der Waals surface area contributed by atoms with Crippen LogP contribution in [0.25, 0.3) is 0 Å². The molecule has 0 spiro atoms. The summed E-state index contributed by atoms with van der Waals surface area (Å²) >= 11 is 5.98. The van der Waals surface area contributed by atoms with Gasteiger partial charge in [-0.1, -0.05) is 24.9 Å². The van der Waals surface area contributed by atoms with Gasteiger partial charge in [0.1, 0.15) is 5.82 Å². The molecular formula is C16H24ClFN2. The Hall–Kier alpha value is -0.640. The van der Waals surface area contributed by atoms with Gasteiger partial charge in [0, 0.05) is 35.8 Å². The van der Waals surface area contributed by atoms with Crippen molar-refractivity contribution in [2.24, 2.45) is 0 Å². The summed E-state index contributed by atoms with van der Waals surface area (Å²) in [6.07, 6.45) is 3.44. The second kappa shape index (κ2) is 7.39. The van der Waals surface area contributed by atoms with Crippen molar-refractivity contribution in [2.75, 3.05) is 13.1 Å². The Bertz CT molecular complexity index is 438. The Labute approximate surface area is 126 Å². The summed E-state index contributed by atoms with van der Waals surface area (Å²) in [6, 6.07) is 5.78. The first-order chi connectivity index (χ1) is 9.60. The van der Waals surface area contributed by atoms with Crippen molar-refractivity contribution in [1.29, 1.82) is 0 Å². The fourth-order valence-corrected chi connectivity index (χ4v) is 3.05. The molecule has 0 aliphatic carbocycles. The van der Waals surface area contributed by atoms with E-state index in [0.717, 1.165) is 19.5 Å². The molecule has 1 fully saturated rings. The zero-order chi connectivity index (χ0) is 14.5. The molecule has 1 heterocycles. The average molecular weight is 299 g/mol. The van der Waals surface area contributed by atoms with Crippen molar-refractivity contribution >= 4 is 11.6 Å². The van der Waals surface area contributed by atoms with Crippen molar-refractivity contribution in [2.45, 2.75) is 51.7 Å². The lowest BCUT2D eigenvalue weighted by molar-refractivity contribution is 0.191. The minimum absolute atomic E-state index is 0.161. The predicted molar refractivity (Wildman–Crippen MR) is 82.6 cm³/mol. The van der Waals surface area contributed by atoms with E-state index in [1.165, 1.54) is 18.9 Å². The number of hydrogen-bond donors (Lipinski definition) is 1. The molecule has 0 amide bonds. The minimum Gasteiger partial charge on any atom is -0.313 e. The van der Waals surface area contributed by atoms with E-state index in [9.17, 15) is 4.39 Å². The van der Waals surface area contributed by atoms with Crippen molar-refractivity contribution in [3.63, 3.8) is 0 Å². The molecule has 1 saturated heterocycles. The maximum Gasteiger partial charge on any atom is 0.127 e. The summed E-state index contributed by atoms with van der Waals surface area (Å²) in [5.74, 6) is -0.161. The van der Waals surface area contributed by atoms with Gasteiger partial charge < -0.3 is 5.32 Å². The van der Waals surface area contributed by atoms with E-state index < -0.39 is 0 Å². The highest BCUT2D eigenvalue weighted by molar-refractivity contribution is 6.30. The smallest absolute Gasteiger partial charge is 0.127 e. The maximum atomic E-state index is 13.9. The van der Waals surface area contributed by atoms with Gasteiger partial charge >= 0.3 is 0 Å². The summed E-state index contributed by atoms with van der Waals surface area (Å²) in [7, 11) is 0.